The molecule has 18 nitrogen and oxygen atoms in total. The molecule has 0 saturated heterocycles. The molecule has 0 aliphatic rings. The molecule has 0 unspecified atom stereocenters. The zero-order valence-corrected chi connectivity index (χ0v) is 66.2. The number of nitrogens with zero attached hydrogens (tertiary/aromatic N) is 6. The highest BCUT2D eigenvalue weighted by Crippen LogP contribution is 2.31. The quantitative estimate of drug-likeness (QED) is 0.0344. The van der Waals surface area contributed by atoms with Crippen molar-refractivity contribution < 1.29 is 4.39 Å². The summed E-state index contributed by atoms with van der Waals surface area (Å²) in [5, 5.41) is 8.19. The summed E-state index contributed by atoms with van der Waals surface area (Å²) in [7, 11) is 0. The van der Waals surface area contributed by atoms with Crippen LogP contribution in [0.4, 0.5) is 4.39 Å². The van der Waals surface area contributed by atoms with Crippen molar-refractivity contribution in [3.05, 3.63) is 341 Å². The van der Waals surface area contributed by atoms with Crippen LogP contribution in [0, 0.1) is 47.4 Å². The fourth-order valence-corrected chi connectivity index (χ4v) is 15.7. The van der Waals surface area contributed by atoms with Crippen LogP contribution in [0.3, 0.4) is 0 Å². The highest BCUT2D eigenvalue weighted by Gasteiger charge is 2.11. The molecule has 0 aliphatic heterocycles. The van der Waals surface area contributed by atoms with Crippen LogP contribution in [0.2, 0.25) is 35.2 Å². The Morgan fingerprint density at radius 1 is 0.288 bits per heavy atom. The van der Waals surface area contributed by atoms with E-state index >= 15 is 0 Å². The lowest BCUT2D eigenvalue weighted by atomic mass is 10.2. The van der Waals surface area contributed by atoms with E-state index in [1.165, 1.54) is 113 Å². The first-order valence-corrected chi connectivity index (χ1v) is 39.3. The van der Waals surface area contributed by atoms with Gasteiger partial charge in [-0.2, -0.15) is 0 Å². The van der Waals surface area contributed by atoms with E-state index in [0.717, 1.165) is 66.5 Å². The lowest BCUT2D eigenvalue weighted by molar-refractivity contribution is 0.617. The molecule has 0 atom stereocenters. The number of benzene rings is 6. The Kier molecular flexibility index (Phi) is 35.0. The van der Waals surface area contributed by atoms with Gasteiger partial charge in [0.05, 0.1) is 0 Å². The molecule has 6 aromatic heterocycles. The Labute approximate surface area is 657 Å². The van der Waals surface area contributed by atoms with E-state index in [-0.39, 0.29) is 39.2 Å². The van der Waals surface area contributed by atoms with E-state index in [0.29, 0.717) is 102 Å². The molecule has 0 saturated carbocycles. The van der Waals surface area contributed by atoms with Gasteiger partial charge in [0.2, 0.25) is 0 Å². The number of thioether (sulfide) groups is 6. The van der Waals surface area contributed by atoms with E-state index in [1.54, 1.807) is 83.1 Å². The number of aromatic amines is 6. The van der Waals surface area contributed by atoms with Crippen LogP contribution >= 0.6 is 152 Å². The van der Waals surface area contributed by atoms with Crippen LogP contribution in [0.5, 0.6) is 0 Å². The van der Waals surface area contributed by atoms with Crippen LogP contribution in [-0.2, 0) is 34.5 Å². The van der Waals surface area contributed by atoms with E-state index in [4.69, 9.17) is 81.2 Å². The zero-order valence-electron chi connectivity index (χ0n) is 56.0. The summed E-state index contributed by atoms with van der Waals surface area (Å²) in [5.41, 5.74) is 9.03. The van der Waals surface area contributed by atoms with Gasteiger partial charge in [0.1, 0.15) is 5.82 Å². The van der Waals surface area contributed by atoms with E-state index in [9.17, 15) is 33.2 Å². The molecular weight excluding hydrogens is 1590 g/mol. The molecule has 0 fully saturated rings. The third-order valence-corrected chi connectivity index (χ3v) is 20.8. The second kappa shape index (κ2) is 43.3. The van der Waals surface area contributed by atoms with Crippen molar-refractivity contribution in [3.63, 3.8) is 0 Å². The summed E-state index contributed by atoms with van der Waals surface area (Å²) >= 11 is 50.4. The van der Waals surface area contributed by atoms with Crippen molar-refractivity contribution in [1.82, 2.24) is 59.8 Å². The number of hydrogen-bond donors (Lipinski definition) is 6. The van der Waals surface area contributed by atoms with Gasteiger partial charge in [0.15, 0.2) is 30.9 Å². The van der Waals surface area contributed by atoms with Gasteiger partial charge in [0.25, 0.3) is 33.4 Å². The molecule has 0 bridgehead atoms. The lowest BCUT2D eigenvalue weighted by Crippen LogP contribution is -2.08. The van der Waals surface area contributed by atoms with Gasteiger partial charge in [-0.1, -0.05) is 225 Å². The average molecular weight is 1650 g/mol. The molecule has 12 rings (SSSR count). The maximum atomic E-state index is 13.3. The first kappa shape index (κ1) is 83.9. The minimum Gasteiger partial charge on any atom is -0.301 e. The Morgan fingerprint density at radius 3 is 0.990 bits per heavy atom. The van der Waals surface area contributed by atoms with Gasteiger partial charge in [0, 0.05) is 140 Å². The fraction of sp³-hybridized carbons (Fsp3) is 0.167. The van der Waals surface area contributed by atoms with Crippen LogP contribution in [-0.4, -0.2) is 59.8 Å². The summed E-state index contributed by atoms with van der Waals surface area (Å²) in [6.07, 6.45) is 0. The maximum Gasteiger partial charge on any atom is 0.251 e. The summed E-state index contributed by atoms with van der Waals surface area (Å²) in [5.74, 6) is 3.56. The Bertz CT molecular complexity index is 5110. The van der Waals surface area contributed by atoms with Crippen LogP contribution < -0.4 is 33.4 Å². The predicted molar refractivity (Wildman–Crippen MR) is 429 cm³/mol. The number of rotatable bonds is 18. The smallest absolute Gasteiger partial charge is 0.251 e. The third-order valence-electron chi connectivity index (χ3n) is 13.1. The maximum absolute atomic E-state index is 13.3. The summed E-state index contributed by atoms with van der Waals surface area (Å²) in [6, 6.07) is 49.0. The van der Waals surface area contributed by atoms with E-state index in [2.05, 4.69) is 59.8 Å². The monoisotopic (exact) mass is 1650 g/mol. The molecule has 0 spiro atoms. The van der Waals surface area contributed by atoms with Crippen molar-refractivity contribution in [2.24, 2.45) is 0 Å². The summed E-state index contributed by atoms with van der Waals surface area (Å²) in [4.78, 5) is 109. The molecular formula is C72H64Cl7FN12O6S6. The first-order valence-electron chi connectivity index (χ1n) is 30.7. The van der Waals surface area contributed by atoms with Crippen LogP contribution in [0.25, 0.3) is 0 Å². The molecule has 104 heavy (non-hydrogen) atoms. The number of H-pyrrole nitrogens is 6. The molecule has 6 N–H and O–H groups in total. The van der Waals surface area contributed by atoms with Gasteiger partial charge < -0.3 is 29.9 Å². The van der Waals surface area contributed by atoms with E-state index < -0.39 is 0 Å². The lowest BCUT2D eigenvalue weighted by Gasteiger charge is -2.06. The zero-order chi connectivity index (χ0) is 75.2. The molecule has 0 aliphatic carbocycles. The van der Waals surface area contributed by atoms with E-state index in [1.807, 2.05) is 85.8 Å². The van der Waals surface area contributed by atoms with Gasteiger partial charge in [-0.05, 0) is 136 Å². The SMILES string of the molecule is Cc1cc(=O)[nH]c(SCc2c(Cl)cccc2Cl)n1.Cc1cc(=O)[nH]c(SCc2ccc(Cl)cc2)n1.Cc1cc(=O)[nH]c(SCc2ccc(Cl)cc2Cl)n1.Cc1cc(=O)[nH]c(SCc2cccc(Cl)c2)n1.Cc1cc(=O)[nH]c(SCc2ccccc2Cl)n1.Cc1cc(=O)[nH]c(SCc2ccccc2F)n1. The molecule has 12 aromatic rings. The molecule has 540 valence electrons. The van der Waals surface area contributed by atoms with Crippen molar-refractivity contribution in [1.29, 1.82) is 0 Å². The average Bonchev–Trinajstić information content (AvgIpc) is 0.943. The fourth-order valence-electron chi connectivity index (χ4n) is 8.35. The number of halogens is 8. The van der Waals surface area contributed by atoms with Gasteiger partial charge in [-0.25, -0.2) is 34.3 Å². The minimum atomic E-state index is -0.241. The largest absolute Gasteiger partial charge is 0.301 e. The molecule has 0 amide bonds. The first-order chi connectivity index (χ1) is 49.7. The van der Waals surface area contributed by atoms with Crippen LogP contribution in [0.15, 0.2) is 230 Å². The minimum absolute atomic E-state index is 0.115. The molecule has 6 heterocycles. The number of nitrogens with one attached hydrogen (secondary N) is 6. The Morgan fingerprint density at radius 2 is 0.606 bits per heavy atom. The Hall–Kier alpha value is -7.34. The predicted octanol–water partition coefficient (Wildman–Crippen LogP) is 18.9. The normalized spacial score (nSPS) is 10.5. The second-order valence-electron chi connectivity index (χ2n) is 21.8. The summed E-state index contributed by atoms with van der Waals surface area (Å²) in [6.45, 7) is 10.7. The third kappa shape index (κ3) is 31.0. The van der Waals surface area contributed by atoms with Gasteiger partial charge in [-0.3, -0.25) is 28.8 Å². The number of hydrogen-bond acceptors (Lipinski definition) is 18. The van der Waals surface area contributed by atoms with Crippen molar-refractivity contribution in [3.8, 4) is 0 Å². The van der Waals surface area contributed by atoms with Gasteiger partial charge in [-0.15, -0.1) is 0 Å². The number of aryl methyl sites for hydroxylation is 6. The van der Waals surface area contributed by atoms with Crippen LogP contribution in [0.1, 0.15) is 67.5 Å². The van der Waals surface area contributed by atoms with Gasteiger partial charge >= 0.3 is 0 Å². The highest BCUT2D eigenvalue weighted by molar-refractivity contribution is 7.99. The number of aromatic nitrogens is 12. The Balaban J connectivity index is 0.000000175. The standard InChI is InChI=1S/2C12H10Cl2N2OS.3C12H11ClN2OS.C12H11FN2OS/c1-7-4-11(17)16-12(15-7)18-6-8-2-3-9(13)5-10(8)14;1-7-5-11(17)16-12(15-7)18-6-8-9(13)3-2-4-10(8)14;1-8-6-11(16)15-12(14-8)17-7-9-2-4-10(13)5-3-9;1-8-5-11(16)15-12(14-8)17-7-9-3-2-4-10(13)6-9;2*1-8-6-11(16)15-12(14-8)17-7-9-4-2-3-5-10(9)13/h2*2-5H,6H2,1H3,(H,15,16,17);4*2-6H,7H2,1H3,(H,14,15,16). The topological polar surface area (TPSA) is 274 Å². The summed E-state index contributed by atoms with van der Waals surface area (Å²) < 4.78 is 13.3. The second-order valence-corrected chi connectivity index (χ2v) is 30.5. The highest BCUT2D eigenvalue weighted by atomic mass is 35.5. The molecule has 6 aromatic carbocycles. The van der Waals surface area contributed by atoms with Crippen molar-refractivity contribution >= 4 is 152 Å². The van der Waals surface area contributed by atoms with Crippen molar-refractivity contribution in [2.45, 2.75) is 107 Å². The molecule has 0 radical (unpaired) electrons. The molecule has 32 heteroatoms. The van der Waals surface area contributed by atoms with Crippen molar-refractivity contribution in [2.75, 3.05) is 0 Å².